The van der Waals surface area contributed by atoms with E-state index in [1.165, 1.54) is 0 Å². The Balaban J connectivity index is 2.52. The minimum Gasteiger partial charge on any atom is -0.508 e. The molecule has 0 saturated carbocycles. The monoisotopic (exact) mass is 238 g/mol. The molecule has 0 aliphatic heterocycles. The lowest BCUT2D eigenvalue weighted by atomic mass is 10.1. The second-order valence-corrected chi connectivity index (χ2v) is 3.76. The van der Waals surface area contributed by atoms with E-state index in [9.17, 15) is 9.90 Å². The first kappa shape index (κ1) is 13.5. The number of hydrogen-bond acceptors (Lipinski definition) is 4. The average molecular weight is 238 g/mol. The molecule has 0 spiro atoms. The van der Waals surface area contributed by atoms with Gasteiger partial charge in [0.2, 0.25) is 5.91 Å². The molecule has 4 N–H and O–H groups in total. The van der Waals surface area contributed by atoms with Gasteiger partial charge in [0.25, 0.3) is 0 Å². The number of nitrogens with two attached hydrogens (primary N) is 1. The fraction of sp³-hybridized carbons (Fsp3) is 0.417. The smallest absolute Gasteiger partial charge is 0.224 e. The molecule has 0 aliphatic carbocycles. The van der Waals surface area contributed by atoms with Crippen molar-refractivity contribution in [3.8, 4) is 5.75 Å². The Bertz CT molecular complexity index is 369. The summed E-state index contributed by atoms with van der Waals surface area (Å²) in [7, 11) is 1.55. The maximum Gasteiger partial charge on any atom is 0.224 e. The van der Waals surface area contributed by atoms with Gasteiger partial charge in [-0.15, -0.1) is 0 Å². The van der Waals surface area contributed by atoms with Crippen LogP contribution in [-0.4, -0.2) is 37.3 Å². The van der Waals surface area contributed by atoms with Gasteiger partial charge >= 0.3 is 0 Å². The Morgan fingerprint density at radius 2 is 2.24 bits per heavy atom. The lowest BCUT2D eigenvalue weighted by molar-refractivity contribution is -0.121. The summed E-state index contributed by atoms with van der Waals surface area (Å²) in [5.41, 5.74) is 6.08. The molecule has 1 atom stereocenters. The summed E-state index contributed by atoms with van der Waals surface area (Å²) < 4.78 is 4.93. The van der Waals surface area contributed by atoms with Crippen LogP contribution in [0, 0.1) is 0 Å². The zero-order chi connectivity index (χ0) is 12.7. The molecule has 1 unspecified atom stereocenters. The van der Waals surface area contributed by atoms with Crippen molar-refractivity contribution >= 4 is 5.91 Å². The fourth-order valence-electron chi connectivity index (χ4n) is 1.48. The van der Waals surface area contributed by atoms with E-state index in [1.54, 1.807) is 31.4 Å². The highest BCUT2D eigenvalue weighted by Gasteiger charge is 2.12. The van der Waals surface area contributed by atoms with Gasteiger partial charge in [-0.2, -0.15) is 0 Å². The Morgan fingerprint density at radius 1 is 1.53 bits per heavy atom. The SMILES string of the molecule is COCC(CN)NC(=O)Cc1ccccc1O. The van der Waals surface area contributed by atoms with E-state index in [-0.39, 0.29) is 24.1 Å². The van der Waals surface area contributed by atoms with E-state index in [0.29, 0.717) is 18.7 Å². The number of benzene rings is 1. The van der Waals surface area contributed by atoms with E-state index in [0.717, 1.165) is 0 Å². The summed E-state index contributed by atoms with van der Waals surface area (Å²) in [5.74, 6) is -0.0577. The van der Waals surface area contributed by atoms with Crippen molar-refractivity contribution in [3.63, 3.8) is 0 Å². The Morgan fingerprint density at radius 3 is 2.82 bits per heavy atom. The number of amides is 1. The second-order valence-electron chi connectivity index (χ2n) is 3.76. The molecule has 0 heterocycles. The number of hydrogen-bond donors (Lipinski definition) is 3. The third-order valence-electron chi connectivity index (χ3n) is 2.36. The molecule has 1 aromatic rings. The van der Waals surface area contributed by atoms with Gasteiger partial charge in [-0.25, -0.2) is 0 Å². The quantitative estimate of drug-likeness (QED) is 0.652. The van der Waals surface area contributed by atoms with E-state index in [2.05, 4.69) is 5.32 Å². The highest BCUT2D eigenvalue weighted by atomic mass is 16.5. The van der Waals surface area contributed by atoms with Crippen LogP contribution in [-0.2, 0) is 16.0 Å². The van der Waals surface area contributed by atoms with Crippen molar-refractivity contribution in [3.05, 3.63) is 29.8 Å². The number of phenolic OH excluding ortho intramolecular Hbond substituents is 1. The van der Waals surface area contributed by atoms with Crippen LogP contribution in [0.3, 0.4) is 0 Å². The molecule has 1 aromatic carbocycles. The Labute approximate surface area is 101 Å². The molecule has 0 aliphatic rings. The summed E-state index contributed by atoms with van der Waals surface area (Å²) >= 11 is 0. The highest BCUT2D eigenvalue weighted by molar-refractivity contribution is 5.79. The van der Waals surface area contributed by atoms with Crippen LogP contribution < -0.4 is 11.1 Å². The molecule has 17 heavy (non-hydrogen) atoms. The van der Waals surface area contributed by atoms with Crippen molar-refractivity contribution in [1.82, 2.24) is 5.32 Å². The maximum atomic E-state index is 11.7. The number of phenols is 1. The van der Waals surface area contributed by atoms with Crippen molar-refractivity contribution in [1.29, 1.82) is 0 Å². The Hall–Kier alpha value is -1.59. The normalized spacial score (nSPS) is 12.1. The summed E-state index contributed by atoms with van der Waals surface area (Å²) in [6, 6.07) is 6.56. The summed E-state index contributed by atoms with van der Waals surface area (Å²) in [4.78, 5) is 11.7. The van der Waals surface area contributed by atoms with Crippen molar-refractivity contribution < 1.29 is 14.6 Å². The van der Waals surface area contributed by atoms with Crippen LogP contribution in [0.2, 0.25) is 0 Å². The average Bonchev–Trinajstić information content (AvgIpc) is 2.31. The van der Waals surface area contributed by atoms with Gasteiger partial charge < -0.3 is 20.9 Å². The molecule has 0 aromatic heterocycles. The molecule has 5 nitrogen and oxygen atoms in total. The number of rotatable bonds is 6. The lowest BCUT2D eigenvalue weighted by Crippen LogP contribution is -2.43. The van der Waals surface area contributed by atoms with Gasteiger partial charge in [-0.1, -0.05) is 18.2 Å². The molecule has 5 heteroatoms. The third kappa shape index (κ3) is 4.42. The number of nitrogens with one attached hydrogen (secondary N) is 1. The van der Waals surface area contributed by atoms with Gasteiger partial charge in [0, 0.05) is 19.2 Å². The first-order valence-electron chi connectivity index (χ1n) is 5.42. The standard InChI is InChI=1S/C12H18N2O3/c1-17-8-10(7-13)14-12(16)6-9-4-2-3-5-11(9)15/h2-5,10,15H,6-8,13H2,1H3,(H,14,16). The lowest BCUT2D eigenvalue weighted by Gasteiger charge is -2.15. The largest absolute Gasteiger partial charge is 0.508 e. The van der Waals surface area contributed by atoms with Gasteiger partial charge in [0.15, 0.2) is 0 Å². The number of aromatic hydroxyl groups is 1. The minimum absolute atomic E-state index is 0.124. The molecule has 1 rings (SSSR count). The molecular formula is C12H18N2O3. The molecule has 0 radical (unpaired) electrons. The summed E-state index contributed by atoms with van der Waals surface area (Å²) in [6.07, 6.45) is 0.132. The molecule has 94 valence electrons. The number of carbonyl (C=O) groups is 1. The molecular weight excluding hydrogens is 220 g/mol. The van der Waals surface area contributed by atoms with Gasteiger partial charge in [-0.3, -0.25) is 4.79 Å². The van der Waals surface area contributed by atoms with E-state index in [1.807, 2.05) is 0 Å². The number of carbonyl (C=O) groups excluding carboxylic acids is 1. The zero-order valence-corrected chi connectivity index (χ0v) is 9.85. The second kappa shape index (κ2) is 6.88. The predicted octanol–water partition coefficient (Wildman–Crippen LogP) is 0.0246. The number of para-hydroxylation sites is 1. The van der Waals surface area contributed by atoms with Gasteiger partial charge in [0.05, 0.1) is 19.1 Å². The number of methoxy groups -OCH3 is 1. The van der Waals surface area contributed by atoms with Crippen LogP contribution >= 0.6 is 0 Å². The van der Waals surface area contributed by atoms with Crippen molar-refractivity contribution in [2.24, 2.45) is 5.73 Å². The van der Waals surface area contributed by atoms with Crippen LogP contribution in [0.15, 0.2) is 24.3 Å². The van der Waals surface area contributed by atoms with Gasteiger partial charge in [0.1, 0.15) is 5.75 Å². The van der Waals surface area contributed by atoms with Crippen LogP contribution in [0.4, 0.5) is 0 Å². The highest BCUT2D eigenvalue weighted by Crippen LogP contribution is 2.15. The zero-order valence-electron chi connectivity index (χ0n) is 9.85. The van der Waals surface area contributed by atoms with E-state index in [4.69, 9.17) is 10.5 Å². The van der Waals surface area contributed by atoms with Crippen molar-refractivity contribution in [2.45, 2.75) is 12.5 Å². The molecule has 0 saturated heterocycles. The van der Waals surface area contributed by atoms with E-state index >= 15 is 0 Å². The molecule has 0 bridgehead atoms. The molecule has 1 amide bonds. The summed E-state index contributed by atoms with van der Waals surface area (Å²) in [5, 5.41) is 12.3. The topological polar surface area (TPSA) is 84.6 Å². The molecule has 0 fully saturated rings. The van der Waals surface area contributed by atoms with Gasteiger partial charge in [-0.05, 0) is 6.07 Å². The predicted molar refractivity (Wildman–Crippen MR) is 64.7 cm³/mol. The summed E-state index contributed by atoms with van der Waals surface area (Å²) in [6.45, 7) is 0.698. The van der Waals surface area contributed by atoms with Crippen LogP contribution in [0.1, 0.15) is 5.56 Å². The van der Waals surface area contributed by atoms with Crippen LogP contribution in [0.5, 0.6) is 5.75 Å². The Kier molecular flexibility index (Phi) is 5.45. The third-order valence-corrected chi connectivity index (χ3v) is 2.36. The first-order valence-corrected chi connectivity index (χ1v) is 5.42. The minimum atomic E-state index is -0.196. The number of ether oxygens (including phenoxy) is 1. The first-order chi connectivity index (χ1) is 8.17. The van der Waals surface area contributed by atoms with Crippen molar-refractivity contribution in [2.75, 3.05) is 20.3 Å². The maximum absolute atomic E-state index is 11.7. The fourth-order valence-corrected chi connectivity index (χ4v) is 1.48. The van der Waals surface area contributed by atoms with E-state index < -0.39 is 0 Å². The van der Waals surface area contributed by atoms with Crippen LogP contribution in [0.25, 0.3) is 0 Å².